The van der Waals surface area contributed by atoms with Gasteiger partial charge < -0.3 is 0 Å². The van der Waals surface area contributed by atoms with E-state index in [1.54, 1.807) is 12.1 Å². The fraction of sp³-hybridized carbons (Fsp3) is 0.188. The minimum atomic E-state index is -0.436. The molecule has 0 radical (unpaired) electrons. The number of nitrogens with zero attached hydrogens (tertiary/aromatic N) is 1. The first-order valence-electron chi connectivity index (χ1n) is 6.59. The molecule has 0 saturated heterocycles. The van der Waals surface area contributed by atoms with Crippen molar-refractivity contribution in [1.29, 1.82) is 0 Å². The third-order valence-corrected chi connectivity index (χ3v) is 4.11. The van der Waals surface area contributed by atoms with Crippen LogP contribution in [0, 0.1) is 10.1 Å². The Morgan fingerprint density at radius 1 is 1.10 bits per heavy atom. The summed E-state index contributed by atoms with van der Waals surface area (Å²) in [5.74, 6) is 0.379. The average molecular weight is 301 g/mol. The van der Waals surface area contributed by atoms with Gasteiger partial charge in [-0.3, -0.25) is 14.9 Å². The molecule has 0 aliphatic carbocycles. The molecule has 0 aliphatic rings. The fourth-order valence-electron chi connectivity index (χ4n) is 1.82. The van der Waals surface area contributed by atoms with Crippen LogP contribution in [0.4, 0.5) is 5.69 Å². The Morgan fingerprint density at radius 3 is 2.24 bits per heavy atom. The highest BCUT2D eigenvalue weighted by molar-refractivity contribution is 8.00. The number of ketones is 1. The Bertz CT molecular complexity index is 636. The molecule has 0 unspecified atom stereocenters. The second-order valence-corrected chi connectivity index (χ2v) is 5.56. The van der Waals surface area contributed by atoms with Gasteiger partial charge in [0, 0.05) is 22.6 Å². The first-order chi connectivity index (χ1) is 10.1. The topological polar surface area (TPSA) is 60.2 Å². The molecule has 0 amide bonds. The fourth-order valence-corrected chi connectivity index (χ4v) is 2.62. The molecular formula is C16H15NO3S. The molecule has 0 N–H and O–H groups in total. The molecule has 4 nitrogen and oxygen atoms in total. The molecule has 2 aromatic carbocycles. The smallest absolute Gasteiger partial charge is 0.269 e. The van der Waals surface area contributed by atoms with Gasteiger partial charge in [-0.15, -0.1) is 11.8 Å². The zero-order valence-corrected chi connectivity index (χ0v) is 12.4. The van der Waals surface area contributed by atoms with Crippen molar-refractivity contribution in [2.45, 2.75) is 18.2 Å². The van der Waals surface area contributed by atoms with E-state index in [1.807, 2.05) is 24.3 Å². The van der Waals surface area contributed by atoms with Gasteiger partial charge in [-0.2, -0.15) is 0 Å². The Kier molecular flexibility index (Phi) is 5.11. The number of thioether (sulfide) groups is 1. The number of non-ortho nitro benzene ring substituents is 1. The maximum Gasteiger partial charge on any atom is 0.269 e. The molecule has 0 saturated carbocycles. The standard InChI is InChI=1S/C16H15NO3S/c1-2-12-3-5-13(6-4-12)16(18)11-21-15-9-7-14(8-10-15)17(19)20/h3-10H,2,11H2,1H3. The quantitative estimate of drug-likeness (QED) is 0.348. The molecule has 0 atom stereocenters. The van der Waals surface area contributed by atoms with E-state index in [4.69, 9.17) is 0 Å². The van der Waals surface area contributed by atoms with Crippen molar-refractivity contribution in [2.75, 3.05) is 5.75 Å². The van der Waals surface area contributed by atoms with Crippen LogP contribution in [0.5, 0.6) is 0 Å². The summed E-state index contributed by atoms with van der Waals surface area (Å²) in [6, 6.07) is 13.8. The predicted molar refractivity (Wildman–Crippen MR) is 84.0 cm³/mol. The van der Waals surface area contributed by atoms with Crippen LogP contribution >= 0.6 is 11.8 Å². The maximum atomic E-state index is 12.1. The van der Waals surface area contributed by atoms with Gasteiger partial charge in [0.1, 0.15) is 0 Å². The Hall–Kier alpha value is -2.14. The molecule has 5 heteroatoms. The third-order valence-electron chi connectivity index (χ3n) is 3.10. The van der Waals surface area contributed by atoms with Crippen LogP contribution < -0.4 is 0 Å². The van der Waals surface area contributed by atoms with Gasteiger partial charge >= 0.3 is 0 Å². The average Bonchev–Trinajstić information content (AvgIpc) is 2.53. The molecule has 0 heterocycles. The number of Topliss-reactive ketones (excluding diaryl/α,β-unsaturated/α-hetero) is 1. The number of benzene rings is 2. The summed E-state index contributed by atoms with van der Waals surface area (Å²) in [6.07, 6.45) is 0.950. The molecular weight excluding hydrogens is 286 g/mol. The molecule has 2 rings (SSSR count). The Balaban J connectivity index is 1.95. The van der Waals surface area contributed by atoms with Crippen LogP contribution in [0.15, 0.2) is 53.4 Å². The number of hydrogen-bond acceptors (Lipinski definition) is 4. The SMILES string of the molecule is CCc1ccc(C(=O)CSc2ccc([N+](=O)[O-])cc2)cc1. The van der Waals surface area contributed by atoms with E-state index in [9.17, 15) is 14.9 Å². The van der Waals surface area contributed by atoms with Crippen LogP contribution in [0.25, 0.3) is 0 Å². The van der Waals surface area contributed by atoms with E-state index in [-0.39, 0.29) is 11.5 Å². The Morgan fingerprint density at radius 2 is 1.71 bits per heavy atom. The van der Waals surface area contributed by atoms with E-state index in [2.05, 4.69) is 6.92 Å². The zero-order valence-electron chi connectivity index (χ0n) is 11.6. The summed E-state index contributed by atoms with van der Waals surface area (Å²) >= 11 is 1.38. The molecule has 0 aliphatic heterocycles. The minimum absolute atomic E-state index is 0.0563. The van der Waals surface area contributed by atoms with Gasteiger partial charge in [-0.25, -0.2) is 0 Å². The molecule has 0 bridgehead atoms. The van der Waals surface area contributed by atoms with E-state index in [0.29, 0.717) is 11.3 Å². The molecule has 0 aromatic heterocycles. The van der Waals surface area contributed by atoms with Crippen molar-refractivity contribution in [3.05, 3.63) is 69.8 Å². The highest BCUT2D eigenvalue weighted by Crippen LogP contribution is 2.22. The summed E-state index contributed by atoms with van der Waals surface area (Å²) in [5.41, 5.74) is 1.96. The van der Waals surface area contributed by atoms with Gasteiger partial charge in [0.15, 0.2) is 5.78 Å². The number of rotatable bonds is 6. The van der Waals surface area contributed by atoms with Crippen molar-refractivity contribution < 1.29 is 9.72 Å². The van der Waals surface area contributed by atoms with Crippen LogP contribution in [0.3, 0.4) is 0 Å². The van der Waals surface area contributed by atoms with Gasteiger partial charge in [0.25, 0.3) is 5.69 Å². The second kappa shape index (κ2) is 7.04. The van der Waals surface area contributed by atoms with E-state index >= 15 is 0 Å². The van der Waals surface area contributed by atoms with Crippen molar-refractivity contribution in [1.82, 2.24) is 0 Å². The number of hydrogen-bond donors (Lipinski definition) is 0. The summed E-state index contributed by atoms with van der Waals surface area (Å²) in [5, 5.41) is 10.6. The van der Waals surface area contributed by atoms with Crippen LogP contribution in [-0.2, 0) is 6.42 Å². The zero-order chi connectivity index (χ0) is 15.2. The molecule has 21 heavy (non-hydrogen) atoms. The molecule has 0 fully saturated rings. The van der Waals surface area contributed by atoms with Gasteiger partial charge in [-0.05, 0) is 24.1 Å². The number of aryl methyl sites for hydroxylation is 1. The van der Waals surface area contributed by atoms with Crippen molar-refractivity contribution >= 4 is 23.2 Å². The maximum absolute atomic E-state index is 12.1. The molecule has 0 spiro atoms. The summed E-state index contributed by atoms with van der Waals surface area (Å²) < 4.78 is 0. The van der Waals surface area contributed by atoms with E-state index in [0.717, 1.165) is 11.3 Å². The third kappa shape index (κ3) is 4.16. The Labute approximate surface area is 127 Å². The summed E-state index contributed by atoms with van der Waals surface area (Å²) in [4.78, 5) is 23.0. The number of carbonyl (C=O) groups is 1. The molecule has 108 valence electrons. The van der Waals surface area contributed by atoms with Crippen molar-refractivity contribution in [2.24, 2.45) is 0 Å². The van der Waals surface area contributed by atoms with Crippen LogP contribution in [-0.4, -0.2) is 16.5 Å². The highest BCUT2D eigenvalue weighted by Gasteiger charge is 2.08. The summed E-state index contributed by atoms with van der Waals surface area (Å²) in [6.45, 7) is 2.07. The first kappa shape index (κ1) is 15.3. The summed E-state index contributed by atoms with van der Waals surface area (Å²) in [7, 11) is 0. The van der Waals surface area contributed by atoms with Gasteiger partial charge in [0.2, 0.25) is 0 Å². The normalized spacial score (nSPS) is 10.3. The lowest BCUT2D eigenvalue weighted by Gasteiger charge is -2.03. The molecule has 2 aromatic rings. The second-order valence-electron chi connectivity index (χ2n) is 4.51. The van der Waals surface area contributed by atoms with Crippen molar-refractivity contribution in [3.63, 3.8) is 0 Å². The van der Waals surface area contributed by atoms with E-state index in [1.165, 1.54) is 29.5 Å². The van der Waals surface area contributed by atoms with Crippen molar-refractivity contribution in [3.8, 4) is 0 Å². The van der Waals surface area contributed by atoms with Crippen LogP contribution in [0.2, 0.25) is 0 Å². The van der Waals surface area contributed by atoms with Gasteiger partial charge in [0.05, 0.1) is 10.7 Å². The van der Waals surface area contributed by atoms with Crippen LogP contribution in [0.1, 0.15) is 22.8 Å². The first-order valence-corrected chi connectivity index (χ1v) is 7.58. The minimum Gasteiger partial charge on any atom is -0.293 e. The van der Waals surface area contributed by atoms with Gasteiger partial charge in [-0.1, -0.05) is 31.2 Å². The van der Waals surface area contributed by atoms with E-state index < -0.39 is 4.92 Å². The number of carbonyl (C=O) groups excluding carboxylic acids is 1. The lowest BCUT2D eigenvalue weighted by Crippen LogP contribution is -2.02. The number of nitro groups is 1. The number of nitro benzene ring substituents is 1. The highest BCUT2D eigenvalue weighted by atomic mass is 32.2. The largest absolute Gasteiger partial charge is 0.293 e. The lowest BCUT2D eigenvalue weighted by atomic mass is 10.1. The predicted octanol–water partition coefficient (Wildman–Crippen LogP) is 4.13. The lowest BCUT2D eigenvalue weighted by molar-refractivity contribution is -0.384. The monoisotopic (exact) mass is 301 g/mol.